The first-order valence-electron chi connectivity index (χ1n) is 8.74. The Morgan fingerprint density at radius 3 is 2.77 bits per heavy atom. The van der Waals surface area contributed by atoms with Crippen molar-refractivity contribution in [3.63, 3.8) is 0 Å². The summed E-state index contributed by atoms with van der Waals surface area (Å²) in [7, 11) is 0. The van der Waals surface area contributed by atoms with E-state index in [0.29, 0.717) is 18.7 Å². The van der Waals surface area contributed by atoms with Gasteiger partial charge in [0.1, 0.15) is 4.88 Å². The molecule has 0 fully saturated rings. The van der Waals surface area contributed by atoms with Gasteiger partial charge in [-0.1, -0.05) is 24.3 Å². The molecule has 1 amide bonds. The Kier molecular flexibility index (Phi) is 5.68. The van der Waals surface area contributed by atoms with E-state index in [1.165, 1.54) is 22.5 Å². The number of rotatable bonds is 6. The molecule has 138 valence electrons. The Bertz CT molecular complexity index is 818. The minimum absolute atomic E-state index is 0.00360. The van der Waals surface area contributed by atoms with E-state index in [2.05, 4.69) is 33.4 Å². The molecule has 0 aliphatic carbocycles. The van der Waals surface area contributed by atoms with Gasteiger partial charge in [0.15, 0.2) is 0 Å². The molecule has 1 aromatic heterocycles. The predicted molar refractivity (Wildman–Crippen MR) is 101 cm³/mol. The van der Waals surface area contributed by atoms with Crippen LogP contribution in [0.25, 0.3) is 0 Å². The third-order valence-electron chi connectivity index (χ3n) is 4.76. The number of carbonyl (C=O) groups excluding carboxylic acids is 1. The lowest BCUT2D eigenvalue weighted by Gasteiger charge is -2.32. The van der Waals surface area contributed by atoms with Crippen molar-refractivity contribution < 1.29 is 14.7 Å². The summed E-state index contributed by atoms with van der Waals surface area (Å²) < 4.78 is 0. The fourth-order valence-corrected chi connectivity index (χ4v) is 4.11. The molecule has 0 bridgehead atoms. The van der Waals surface area contributed by atoms with Gasteiger partial charge in [-0.05, 0) is 31.4 Å². The first kappa shape index (κ1) is 18.5. The molecule has 0 spiro atoms. The minimum atomic E-state index is -0.950. The van der Waals surface area contributed by atoms with E-state index in [1.807, 2.05) is 13.0 Å². The van der Waals surface area contributed by atoms with Crippen LogP contribution >= 0.6 is 11.3 Å². The van der Waals surface area contributed by atoms with Crippen molar-refractivity contribution in [3.05, 3.63) is 51.0 Å². The van der Waals surface area contributed by atoms with Crippen LogP contribution < -0.4 is 5.32 Å². The lowest BCUT2D eigenvalue weighted by molar-refractivity contribution is -0.126. The zero-order chi connectivity index (χ0) is 18.7. The van der Waals surface area contributed by atoms with Gasteiger partial charge in [0.2, 0.25) is 5.91 Å². The van der Waals surface area contributed by atoms with Crippen molar-refractivity contribution in [2.45, 2.75) is 39.3 Å². The van der Waals surface area contributed by atoms with Crippen LogP contribution in [0.5, 0.6) is 0 Å². The molecule has 1 aliphatic heterocycles. The number of nitrogens with one attached hydrogen (secondary N) is 1. The second-order valence-corrected chi connectivity index (χ2v) is 7.62. The number of aromatic carboxylic acids is 1. The Balaban J connectivity index is 1.51. The molecule has 3 rings (SSSR count). The van der Waals surface area contributed by atoms with E-state index in [-0.39, 0.29) is 16.8 Å². The van der Waals surface area contributed by atoms with E-state index >= 15 is 0 Å². The number of nitrogens with zero attached hydrogens (tertiary/aromatic N) is 2. The first-order valence-corrected chi connectivity index (χ1v) is 9.55. The number of carbonyl (C=O) groups is 2. The zero-order valence-corrected chi connectivity index (χ0v) is 15.8. The summed E-state index contributed by atoms with van der Waals surface area (Å²) in [6.07, 6.45) is 1.50. The van der Waals surface area contributed by atoms with Gasteiger partial charge in [0.25, 0.3) is 0 Å². The van der Waals surface area contributed by atoms with Crippen LogP contribution in [-0.4, -0.2) is 46.0 Å². The Morgan fingerprint density at radius 2 is 2.08 bits per heavy atom. The molecule has 0 saturated heterocycles. The van der Waals surface area contributed by atoms with Gasteiger partial charge < -0.3 is 10.4 Å². The fourth-order valence-electron chi connectivity index (χ4n) is 3.21. The van der Waals surface area contributed by atoms with E-state index < -0.39 is 5.97 Å². The largest absolute Gasteiger partial charge is 0.477 e. The van der Waals surface area contributed by atoms with Gasteiger partial charge in [0.05, 0.1) is 16.7 Å². The number of carboxylic acids is 1. The molecule has 26 heavy (non-hydrogen) atoms. The van der Waals surface area contributed by atoms with Gasteiger partial charge in [-0.2, -0.15) is 0 Å². The van der Waals surface area contributed by atoms with Crippen LogP contribution in [0.4, 0.5) is 0 Å². The molecule has 0 radical (unpaired) electrons. The lowest BCUT2D eigenvalue weighted by atomic mass is 9.99. The molecular formula is C19H23N3O3S. The number of hydrogen-bond donors (Lipinski definition) is 2. The number of amides is 1. The maximum atomic E-state index is 12.5. The lowest BCUT2D eigenvalue weighted by Crippen LogP contribution is -2.47. The van der Waals surface area contributed by atoms with Crippen molar-refractivity contribution in [1.29, 1.82) is 0 Å². The molecule has 1 aliphatic rings. The monoisotopic (exact) mass is 373 g/mol. The average Bonchev–Trinajstić information content (AvgIpc) is 3.01. The predicted octanol–water partition coefficient (Wildman–Crippen LogP) is 2.26. The van der Waals surface area contributed by atoms with Crippen LogP contribution in [0.1, 0.15) is 38.4 Å². The molecule has 7 heteroatoms. The van der Waals surface area contributed by atoms with E-state index in [0.717, 1.165) is 24.5 Å². The second kappa shape index (κ2) is 7.97. The fraction of sp³-hybridized carbons (Fsp3) is 0.421. The number of hydrogen-bond acceptors (Lipinski definition) is 5. The highest BCUT2D eigenvalue weighted by Gasteiger charge is 2.25. The molecule has 0 unspecified atom stereocenters. The van der Waals surface area contributed by atoms with E-state index in [1.54, 1.807) is 6.92 Å². The second-order valence-electron chi connectivity index (χ2n) is 6.53. The first-order chi connectivity index (χ1) is 12.5. The molecule has 6 nitrogen and oxygen atoms in total. The third-order valence-corrected chi connectivity index (χ3v) is 5.97. The highest BCUT2D eigenvalue weighted by molar-refractivity contribution is 7.13. The third kappa shape index (κ3) is 4.11. The number of aromatic nitrogens is 1. The number of carboxylic acid groups (broad SMARTS) is 1. The summed E-state index contributed by atoms with van der Waals surface area (Å²) in [6.45, 7) is 5.74. The van der Waals surface area contributed by atoms with Gasteiger partial charge in [-0.15, -0.1) is 11.3 Å². The van der Waals surface area contributed by atoms with Crippen molar-refractivity contribution in [2.75, 3.05) is 13.1 Å². The van der Waals surface area contributed by atoms with Crippen LogP contribution in [0.3, 0.4) is 0 Å². The van der Waals surface area contributed by atoms with Gasteiger partial charge in [0, 0.05) is 26.1 Å². The normalized spacial score (nSPS) is 15.3. The minimum Gasteiger partial charge on any atom is -0.477 e. The molecule has 2 N–H and O–H groups in total. The smallest absolute Gasteiger partial charge is 0.347 e. The summed E-state index contributed by atoms with van der Waals surface area (Å²) in [6, 6.07) is 8.17. The molecule has 0 saturated carbocycles. The summed E-state index contributed by atoms with van der Waals surface area (Å²) in [4.78, 5) is 30.2. The van der Waals surface area contributed by atoms with Crippen molar-refractivity contribution >= 4 is 23.2 Å². The highest BCUT2D eigenvalue weighted by Crippen LogP contribution is 2.20. The molecular weight excluding hydrogens is 350 g/mol. The quantitative estimate of drug-likeness (QED) is 0.812. The zero-order valence-electron chi connectivity index (χ0n) is 15.0. The molecule has 1 atom stereocenters. The summed E-state index contributed by atoms with van der Waals surface area (Å²) in [5.41, 5.74) is 3.19. The number of thiazole rings is 1. The van der Waals surface area contributed by atoms with Crippen molar-refractivity contribution in [1.82, 2.24) is 15.2 Å². The SMILES string of the molecule is Cc1nc(CCNC(=O)[C@@H](C)N2CCc3ccccc3C2)sc1C(=O)O. The average molecular weight is 373 g/mol. The van der Waals surface area contributed by atoms with Crippen molar-refractivity contribution in [3.8, 4) is 0 Å². The topological polar surface area (TPSA) is 82.5 Å². The standard InChI is InChI=1S/C19H23N3O3S/c1-12-17(19(24)25)26-16(21-12)7-9-20-18(23)13(2)22-10-8-14-5-3-4-6-15(14)11-22/h3-6,13H,7-11H2,1-2H3,(H,20,23)(H,24,25)/t13-/m1/s1. The van der Waals surface area contributed by atoms with Crippen LogP contribution in [0, 0.1) is 6.92 Å². The summed E-state index contributed by atoms with van der Waals surface area (Å²) in [5.74, 6) is -0.953. The van der Waals surface area contributed by atoms with Gasteiger partial charge in [-0.25, -0.2) is 9.78 Å². The highest BCUT2D eigenvalue weighted by atomic mass is 32.1. The van der Waals surface area contributed by atoms with Gasteiger partial charge in [-0.3, -0.25) is 9.69 Å². The maximum absolute atomic E-state index is 12.5. The van der Waals surface area contributed by atoms with Gasteiger partial charge >= 0.3 is 5.97 Å². The Labute approximate surface area is 156 Å². The van der Waals surface area contributed by atoms with E-state index in [9.17, 15) is 9.59 Å². The number of aryl methyl sites for hydroxylation is 1. The number of fused-ring (bicyclic) bond motifs is 1. The summed E-state index contributed by atoms with van der Waals surface area (Å²) in [5, 5.41) is 12.8. The van der Waals surface area contributed by atoms with E-state index in [4.69, 9.17) is 5.11 Å². The molecule has 2 aromatic rings. The van der Waals surface area contributed by atoms with Crippen LogP contribution in [0.15, 0.2) is 24.3 Å². The van der Waals surface area contributed by atoms with Crippen molar-refractivity contribution in [2.24, 2.45) is 0 Å². The Hall–Kier alpha value is -2.25. The van der Waals surface area contributed by atoms with Crippen LogP contribution in [-0.2, 0) is 24.2 Å². The molecule has 2 heterocycles. The Morgan fingerprint density at radius 1 is 1.35 bits per heavy atom. The van der Waals surface area contributed by atoms with Crippen LogP contribution in [0.2, 0.25) is 0 Å². The molecule has 1 aromatic carbocycles. The number of benzene rings is 1. The maximum Gasteiger partial charge on any atom is 0.347 e. The summed E-state index contributed by atoms with van der Waals surface area (Å²) >= 11 is 1.18.